The van der Waals surface area contributed by atoms with Crippen molar-refractivity contribution in [1.82, 2.24) is 14.7 Å². The lowest BCUT2D eigenvalue weighted by atomic mass is 10.1. The molecule has 7 heteroatoms. The summed E-state index contributed by atoms with van der Waals surface area (Å²) in [5, 5.41) is 11.8. The van der Waals surface area contributed by atoms with Gasteiger partial charge in [0.1, 0.15) is 11.3 Å². The Bertz CT molecular complexity index is 993. The molecule has 3 aromatic rings. The standard InChI is InChI=1S/C19H18BrN3O3/c1-3-15-16(23-10-14(20)8-11(2)17(23)22-15)18(24)21-9-12-4-6-13(7-5-12)19(25)26/h4-8,10H,3,9H2,1-2H3,(H,21,24)(H,25,26). The number of carbonyl (C=O) groups excluding carboxylic acids is 1. The van der Waals surface area contributed by atoms with E-state index in [1.807, 2.05) is 26.1 Å². The second-order valence-electron chi connectivity index (χ2n) is 5.98. The first kappa shape index (κ1) is 18.1. The van der Waals surface area contributed by atoms with Crippen molar-refractivity contribution in [3.05, 3.63) is 69.1 Å². The lowest BCUT2D eigenvalue weighted by Crippen LogP contribution is -2.25. The second-order valence-corrected chi connectivity index (χ2v) is 6.90. The normalized spacial score (nSPS) is 10.9. The van der Waals surface area contributed by atoms with Crippen molar-refractivity contribution in [3.8, 4) is 0 Å². The average molecular weight is 416 g/mol. The minimum Gasteiger partial charge on any atom is -0.478 e. The number of benzene rings is 1. The third-order valence-corrected chi connectivity index (χ3v) is 4.58. The number of nitrogens with zero attached hydrogens (tertiary/aromatic N) is 2. The maximum absolute atomic E-state index is 12.8. The fourth-order valence-electron chi connectivity index (χ4n) is 2.83. The van der Waals surface area contributed by atoms with E-state index in [1.165, 1.54) is 12.1 Å². The highest BCUT2D eigenvalue weighted by Crippen LogP contribution is 2.21. The van der Waals surface area contributed by atoms with E-state index in [2.05, 4.69) is 26.2 Å². The molecule has 26 heavy (non-hydrogen) atoms. The number of imidazole rings is 1. The molecular weight excluding hydrogens is 398 g/mol. The van der Waals surface area contributed by atoms with E-state index in [-0.39, 0.29) is 11.5 Å². The van der Waals surface area contributed by atoms with Crippen LogP contribution in [0.4, 0.5) is 0 Å². The number of carboxylic acid groups (broad SMARTS) is 1. The summed E-state index contributed by atoms with van der Waals surface area (Å²) in [5.41, 5.74) is 4.06. The Morgan fingerprint density at radius 1 is 1.27 bits per heavy atom. The Morgan fingerprint density at radius 3 is 2.58 bits per heavy atom. The second kappa shape index (κ2) is 7.29. The van der Waals surface area contributed by atoms with Gasteiger partial charge in [-0.25, -0.2) is 9.78 Å². The van der Waals surface area contributed by atoms with Gasteiger partial charge in [0, 0.05) is 17.2 Å². The highest BCUT2D eigenvalue weighted by Gasteiger charge is 2.19. The van der Waals surface area contributed by atoms with Crippen LogP contribution in [0.2, 0.25) is 0 Å². The minimum absolute atomic E-state index is 0.214. The first-order valence-corrected chi connectivity index (χ1v) is 8.97. The molecule has 0 unspecified atom stereocenters. The van der Waals surface area contributed by atoms with Gasteiger partial charge in [0.2, 0.25) is 0 Å². The van der Waals surface area contributed by atoms with E-state index in [0.717, 1.165) is 26.9 Å². The molecule has 1 aromatic carbocycles. The van der Waals surface area contributed by atoms with Crippen LogP contribution in [0.15, 0.2) is 41.0 Å². The lowest BCUT2D eigenvalue weighted by Gasteiger charge is -2.08. The van der Waals surface area contributed by atoms with Crippen LogP contribution in [0, 0.1) is 6.92 Å². The molecule has 6 nitrogen and oxygen atoms in total. The van der Waals surface area contributed by atoms with E-state index >= 15 is 0 Å². The fraction of sp³-hybridized carbons (Fsp3) is 0.211. The molecule has 0 bridgehead atoms. The van der Waals surface area contributed by atoms with Crippen molar-refractivity contribution in [3.63, 3.8) is 0 Å². The summed E-state index contributed by atoms with van der Waals surface area (Å²) in [5.74, 6) is -1.19. The number of fused-ring (bicyclic) bond motifs is 1. The number of aromatic carboxylic acids is 1. The number of aryl methyl sites for hydroxylation is 2. The number of carbonyl (C=O) groups is 2. The van der Waals surface area contributed by atoms with Crippen LogP contribution in [0.1, 0.15) is 44.6 Å². The fourth-order valence-corrected chi connectivity index (χ4v) is 3.38. The van der Waals surface area contributed by atoms with E-state index in [4.69, 9.17) is 5.11 Å². The Balaban J connectivity index is 1.86. The quantitative estimate of drug-likeness (QED) is 0.666. The summed E-state index contributed by atoms with van der Waals surface area (Å²) >= 11 is 3.46. The number of nitrogens with one attached hydrogen (secondary N) is 1. The van der Waals surface area contributed by atoms with Crippen LogP contribution in [-0.4, -0.2) is 26.4 Å². The SMILES string of the molecule is CCc1nc2c(C)cc(Br)cn2c1C(=O)NCc1ccc(C(=O)O)cc1. The van der Waals surface area contributed by atoms with Gasteiger partial charge in [-0.15, -0.1) is 0 Å². The lowest BCUT2D eigenvalue weighted by molar-refractivity contribution is 0.0696. The van der Waals surface area contributed by atoms with Crippen molar-refractivity contribution in [2.24, 2.45) is 0 Å². The first-order chi connectivity index (χ1) is 12.4. The van der Waals surface area contributed by atoms with Crippen molar-refractivity contribution >= 4 is 33.5 Å². The number of hydrogen-bond acceptors (Lipinski definition) is 3. The van der Waals surface area contributed by atoms with E-state index < -0.39 is 5.97 Å². The van der Waals surface area contributed by atoms with E-state index in [1.54, 1.807) is 16.5 Å². The molecule has 0 radical (unpaired) electrons. The van der Waals surface area contributed by atoms with Crippen LogP contribution < -0.4 is 5.32 Å². The highest BCUT2D eigenvalue weighted by molar-refractivity contribution is 9.10. The van der Waals surface area contributed by atoms with Crippen molar-refractivity contribution in [2.75, 3.05) is 0 Å². The number of rotatable bonds is 5. The topological polar surface area (TPSA) is 83.7 Å². The molecule has 0 aliphatic heterocycles. The van der Waals surface area contributed by atoms with Crippen LogP contribution in [0.3, 0.4) is 0 Å². The predicted octanol–water partition coefficient (Wildman–Crippen LogP) is 3.60. The summed E-state index contributed by atoms with van der Waals surface area (Å²) in [4.78, 5) is 28.3. The molecule has 0 saturated heterocycles. The van der Waals surface area contributed by atoms with Crippen LogP contribution in [0.5, 0.6) is 0 Å². The van der Waals surface area contributed by atoms with E-state index in [0.29, 0.717) is 18.7 Å². The van der Waals surface area contributed by atoms with Gasteiger partial charge in [-0.3, -0.25) is 9.20 Å². The summed E-state index contributed by atoms with van der Waals surface area (Å²) in [6.45, 7) is 4.23. The number of carboxylic acids is 1. The molecular formula is C19H18BrN3O3. The van der Waals surface area contributed by atoms with E-state index in [9.17, 15) is 9.59 Å². The van der Waals surface area contributed by atoms with Crippen molar-refractivity contribution in [2.45, 2.75) is 26.8 Å². The van der Waals surface area contributed by atoms with Gasteiger partial charge in [-0.05, 0) is 58.6 Å². The molecule has 0 atom stereocenters. The van der Waals surface area contributed by atoms with Gasteiger partial charge < -0.3 is 10.4 Å². The molecule has 1 amide bonds. The molecule has 2 aromatic heterocycles. The minimum atomic E-state index is -0.972. The molecule has 134 valence electrons. The summed E-state index contributed by atoms with van der Waals surface area (Å²) in [6, 6.07) is 8.40. The Labute approximate surface area is 159 Å². The molecule has 0 aliphatic rings. The maximum atomic E-state index is 12.8. The third kappa shape index (κ3) is 3.48. The van der Waals surface area contributed by atoms with Crippen molar-refractivity contribution < 1.29 is 14.7 Å². The van der Waals surface area contributed by atoms with Gasteiger partial charge in [0.05, 0.1) is 11.3 Å². The third-order valence-electron chi connectivity index (χ3n) is 4.15. The van der Waals surface area contributed by atoms with Gasteiger partial charge in [0.15, 0.2) is 0 Å². The number of aromatic nitrogens is 2. The zero-order valence-electron chi connectivity index (χ0n) is 14.4. The summed E-state index contributed by atoms with van der Waals surface area (Å²) < 4.78 is 2.68. The van der Waals surface area contributed by atoms with Crippen LogP contribution >= 0.6 is 15.9 Å². The Morgan fingerprint density at radius 2 is 1.96 bits per heavy atom. The average Bonchev–Trinajstić information content (AvgIpc) is 2.99. The summed E-state index contributed by atoms with van der Waals surface area (Å²) in [7, 11) is 0. The van der Waals surface area contributed by atoms with Gasteiger partial charge in [-0.2, -0.15) is 0 Å². The molecule has 2 N–H and O–H groups in total. The highest BCUT2D eigenvalue weighted by atomic mass is 79.9. The Hall–Kier alpha value is -2.67. The number of hydrogen-bond donors (Lipinski definition) is 2. The molecule has 3 rings (SSSR count). The molecule has 0 aliphatic carbocycles. The maximum Gasteiger partial charge on any atom is 0.335 e. The number of pyridine rings is 1. The summed E-state index contributed by atoms with van der Waals surface area (Å²) in [6.07, 6.45) is 2.49. The Kier molecular flexibility index (Phi) is 5.08. The van der Waals surface area contributed by atoms with Gasteiger partial charge >= 0.3 is 5.97 Å². The van der Waals surface area contributed by atoms with Crippen LogP contribution in [-0.2, 0) is 13.0 Å². The first-order valence-electron chi connectivity index (χ1n) is 8.18. The zero-order chi connectivity index (χ0) is 18.8. The molecule has 0 fully saturated rings. The molecule has 2 heterocycles. The van der Waals surface area contributed by atoms with Crippen molar-refractivity contribution in [1.29, 1.82) is 0 Å². The molecule has 0 spiro atoms. The predicted molar refractivity (Wildman–Crippen MR) is 102 cm³/mol. The smallest absolute Gasteiger partial charge is 0.335 e. The largest absolute Gasteiger partial charge is 0.478 e. The van der Waals surface area contributed by atoms with Gasteiger partial charge in [0.25, 0.3) is 5.91 Å². The number of amides is 1. The molecule has 0 saturated carbocycles. The van der Waals surface area contributed by atoms with Gasteiger partial charge in [-0.1, -0.05) is 19.1 Å². The van der Waals surface area contributed by atoms with Crippen LogP contribution in [0.25, 0.3) is 5.65 Å². The monoisotopic (exact) mass is 415 g/mol. The number of halogens is 1. The zero-order valence-corrected chi connectivity index (χ0v) is 16.0.